The molecule has 0 fully saturated rings. The van der Waals surface area contributed by atoms with Crippen molar-refractivity contribution in [3.63, 3.8) is 0 Å². The third-order valence-corrected chi connectivity index (χ3v) is 10.3. The highest BCUT2D eigenvalue weighted by atomic mass is 16.6. The summed E-state index contributed by atoms with van der Waals surface area (Å²) in [6, 6.07) is 0. The minimum absolute atomic E-state index is 0.0435. The van der Waals surface area contributed by atoms with Gasteiger partial charge >= 0.3 is 11.9 Å². The standard InChI is InChI=1S/C57H94O5/c1-4-7-10-13-16-19-22-24-26-28-30-32-34-37-40-43-46-49-52-60-53-55(62-57(59)51-48-45-42-39-35-21-18-15-12-9-6-3)54-61-56(58)50-47-44-41-38-36-33-31-29-27-25-23-20-17-14-11-8-5-2/h7-8,10-11,16-17,19-20,24-27,30-33,38,41,55H,4-6,9,12-15,18,21-23,28-29,34-37,39-40,42-54H2,1-3H3/b10-7-,11-8-,19-16-,20-17-,26-24-,27-25-,32-30-,33-31-,41-38-. The van der Waals surface area contributed by atoms with E-state index in [0.717, 1.165) is 109 Å². The van der Waals surface area contributed by atoms with Crippen molar-refractivity contribution in [1.29, 1.82) is 0 Å². The molecule has 1 atom stereocenters. The molecule has 0 N–H and O–H groups in total. The lowest BCUT2D eigenvalue weighted by molar-refractivity contribution is -0.163. The lowest BCUT2D eigenvalue weighted by Crippen LogP contribution is -2.30. The average molecular weight is 859 g/mol. The molecule has 5 nitrogen and oxygen atoms in total. The Morgan fingerprint density at radius 2 is 0.742 bits per heavy atom. The van der Waals surface area contributed by atoms with E-state index in [2.05, 4.69) is 130 Å². The first-order chi connectivity index (χ1) is 30.6. The van der Waals surface area contributed by atoms with Gasteiger partial charge in [-0.3, -0.25) is 9.59 Å². The lowest BCUT2D eigenvalue weighted by atomic mass is 10.1. The van der Waals surface area contributed by atoms with Gasteiger partial charge in [0.1, 0.15) is 6.61 Å². The van der Waals surface area contributed by atoms with E-state index in [1.807, 2.05) is 0 Å². The van der Waals surface area contributed by atoms with Gasteiger partial charge in [0.25, 0.3) is 0 Å². The molecule has 0 radical (unpaired) electrons. The van der Waals surface area contributed by atoms with Crippen LogP contribution in [0.5, 0.6) is 0 Å². The molecule has 0 rings (SSSR count). The van der Waals surface area contributed by atoms with Gasteiger partial charge in [0.05, 0.1) is 6.61 Å². The highest BCUT2D eigenvalue weighted by molar-refractivity contribution is 5.70. The Kier molecular flexibility index (Phi) is 49.0. The first-order valence-corrected chi connectivity index (χ1v) is 25.4. The van der Waals surface area contributed by atoms with E-state index in [-0.39, 0.29) is 25.2 Å². The second-order valence-corrected chi connectivity index (χ2v) is 16.3. The van der Waals surface area contributed by atoms with Crippen LogP contribution < -0.4 is 0 Å². The van der Waals surface area contributed by atoms with Gasteiger partial charge in [0, 0.05) is 19.4 Å². The van der Waals surface area contributed by atoms with Gasteiger partial charge in [-0.15, -0.1) is 0 Å². The zero-order valence-electron chi connectivity index (χ0n) is 40.3. The normalized spacial score (nSPS) is 13.1. The summed E-state index contributed by atoms with van der Waals surface area (Å²) in [6.45, 7) is 7.49. The predicted molar refractivity (Wildman–Crippen MR) is 269 cm³/mol. The molecule has 0 aromatic heterocycles. The summed E-state index contributed by atoms with van der Waals surface area (Å²) in [4.78, 5) is 25.3. The van der Waals surface area contributed by atoms with Crippen LogP contribution in [0.1, 0.15) is 213 Å². The Labute approximate surface area is 383 Å². The summed E-state index contributed by atoms with van der Waals surface area (Å²) in [5.74, 6) is -0.480. The van der Waals surface area contributed by atoms with Crippen LogP contribution >= 0.6 is 0 Å². The fraction of sp³-hybridized carbons (Fsp3) is 0.649. The lowest BCUT2D eigenvalue weighted by Gasteiger charge is -2.18. The molecule has 5 heteroatoms. The maximum Gasteiger partial charge on any atom is 0.306 e. The predicted octanol–water partition coefficient (Wildman–Crippen LogP) is 17.2. The van der Waals surface area contributed by atoms with Crippen molar-refractivity contribution in [3.8, 4) is 0 Å². The molecule has 1 unspecified atom stereocenters. The topological polar surface area (TPSA) is 61.8 Å². The number of carbonyl (C=O) groups is 2. The second kappa shape index (κ2) is 51.9. The van der Waals surface area contributed by atoms with Crippen LogP contribution in [-0.4, -0.2) is 37.9 Å². The third-order valence-electron chi connectivity index (χ3n) is 10.3. The quantitative estimate of drug-likeness (QED) is 0.0347. The fourth-order valence-electron chi connectivity index (χ4n) is 6.59. The number of rotatable bonds is 45. The minimum Gasteiger partial charge on any atom is -0.462 e. The van der Waals surface area contributed by atoms with Crippen molar-refractivity contribution in [1.82, 2.24) is 0 Å². The van der Waals surface area contributed by atoms with E-state index in [9.17, 15) is 9.59 Å². The minimum atomic E-state index is -0.573. The highest BCUT2D eigenvalue weighted by Gasteiger charge is 2.17. The largest absolute Gasteiger partial charge is 0.462 e. The monoisotopic (exact) mass is 859 g/mol. The van der Waals surface area contributed by atoms with E-state index in [1.54, 1.807) is 0 Å². The van der Waals surface area contributed by atoms with E-state index in [1.165, 1.54) is 70.6 Å². The number of allylic oxidation sites excluding steroid dienone is 18. The van der Waals surface area contributed by atoms with E-state index < -0.39 is 6.10 Å². The Morgan fingerprint density at radius 1 is 0.371 bits per heavy atom. The molecular formula is C57H94O5. The van der Waals surface area contributed by atoms with Gasteiger partial charge in [-0.2, -0.15) is 0 Å². The maximum atomic E-state index is 12.8. The van der Waals surface area contributed by atoms with Crippen LogP contribution in [-0.2, 0) is 23.8 Å². The Morgan fingerprint density at radius 3 is 1.21 bits per heavy atom. The Balaban J connectivity index is 4.38. The molecule has 0 saturated heterocycles. The molecule has 0 aromatic carbocycles. The maximum absolute atomic E-state index is 12.8. The van der Waals surface area contributed by atoms with Gasteiger partial charge in [-0.05, 0) is 96.3 Å². The molecule has 0 aliphatic rings. The van der Waals surface area contributed by atoms with Crippen LogP contribution in [0.4, 0.5) is 0 Å². The van der Waals surface area contributed by atoms with Crippen LogP contribution in [0.3, 0.4) is 0 Å². The third kappa shape index (κ3) is 49.2. The number of hydrogen-bond donors (Lipinski definition) is 0. The zero-order chi connectivity index (χ0) is 44.9. The van der Waals surface area contributed by atoms with Gasteiger partial charge in [0.2, 0.25) is 0 Å². The molecule has 0 aromatic rings. The molecule has 62 heavy (non-hydrogen) atoms. The number of carbonyl (C=O) groups excluding carboxylic acids is 2. The molecule has 0 heterocycles. The van der Waals surface area contributed by atoms with Crippen molar-refractivity contribution in [2.75, 3.05) is 19.8 Å². The number of ether oxygens (including phenoxy) is 3. The Hall–Kier alpha value is -3.44. The Bertz CT molecular complexity index is 1250. The van der Waals surface area contributed by atoms with Crippen molar-refractivity contribution in [2.24, 2.45) is 0 Å². The summed E-state index contributed by atoms with van der Waals surface area (Å²) in [5, 5.41) is 0. The van der Waals surface area contributed by atoms with Gasteiger partial charge in [-0.25, -0.2) is 0 Å². The van der Waals surface area contributed by atoms with Crippen molar-refractivity contribution >= 4 is 11.9 Å². The molecule has 0 amide bonds. The van der Waals surface area contributed by atoms with Crippen LogP contribution in [0, 0.1) is 0 Å². The summed E-state index contributed by atoms with van der Waals surface area (Å²) in [7, 11) is 0. The first-order valence-electron chi connectivity index (χ1n) is 25.4. The number of esters is 2. The van der Waals surface area contributed by atoms with Crippen LogP contribution in [0.25, 0.3) is 0 Å². The smallest absolute Gasteiger partial charge is 0.306 e. The fourth-order valence-corrected chi connectivity index (χ4v) is 6.59. The van der Waals surface area contributed by atoms with Crippen LogP contribution in [0.15, 0.2) is 109 Å². The zero-order valence-corrected chi connectivity index (χ0v) is 40.3. The molecule has 0 bridgehead atoms. The van der Waals surface area contributed by atoms with E-state index in [0.29, 0.717) is 19.4 Å². The molecule has 0 aliphatic heterocycles. The highest BCUT2D eigenvalue weighted by Crippen LogP contribution is 2.13. The van der Waals surface area contributed by atoms with Gasteiger partial charge < -0.3 is 14.2 Å². The average Bonchev–Trinajstić information content (AvgIpc) is 3.27. The van der Waals surface area contributed by atoms with Gasteiger partial charge in [0.15, 0.2) is 6.10 Å². The number of hydrogen-bond acceptors (Lipinski definition) is 5. The molecule has 0 aliphatic carbocycles. The summed E-state index contributed by atoms with van der Waals surface area (Å²) >= 11 is 0. The summed E-state index contributed by atoms with van der Waals surface area (Å²) in [5.41, 5.74) is 0. The van der Waals surface area contributed by atoms with Gasteiger partial charge in [-0.1, -0.05) is 214 Å². The summed E-state index contributed by atoms with van der Waals surface area (Å²) in [6.07, 6.45) is 71.0. The molecular weight excluding hydrogens is 765 g/mol. The van der Waals surface area contributed by atoms with Crippen LogP contribution in [0.2, 0.25) is 0 Å². The SMILES string of the molecule is CC/C=C\C/C=C\C/C=C\C/C=C\C/C=C\CCCC(=O)OCC(COCCCCCCC/C=C\C/C=C\C/C=C\C/C=C\CC)OC(=O)CCCCCCCCCCCCC. The van der Waals surface area contributed by atoms with Crippen molar-refractivity contribution in [2.45, 2.75) is 219 Å². The number of unbranched alkanes of at least 4 members (excludes halogenated alkanes) is 16. The second-order valence-electron chi connectivity index (χ2n) is 16.3. The molecule has 0 spiro atoms. The van der Waals surface area contributed by atoms with E-state index in [4.69, 9.17) is 14.2 Å². The van der Waals surface area contributed by atoms with Crippen molar-refractivity contribution in [3.05, 3.63) is 109 Å². The molecule has 0 saturated carbocycles. The van der Waals surface area contributed by atoms with E-state index >= 15 is 0 Å². The molecule has 352 valence electrons. The summed E-state index contributed by atoms with van der Waals surface area (Å²) < 4.78 is 17.3. The van der Waals surface area contributed by atoms with Crippen molar-refractivity contribution < 1.29 is 23.8 Å². The first kappa shape index (κ1) is 58.6.